The van der Waals surface area contributed by atoms with Crippen LogP contribution >= 0.6 is 35.3 Å². The van der Waals surface area contributed by atoms with E-state index in [2.05, 4.69) is 0 Å². The Morgan fingerprint density at radius 3 is 2.77 bits per heavy atom. The highest BCUT2D eigenvalue weighted by molar-refractivity contribution is 8.27. The summed E-state index contributed by atoms with van der Waals surface area (Å²) >= 11 is 8.17. The third kappa shape index (κ3) is 2.90. The number of Topliss-reactive ketones (excluding diaryl/α,β-unsaturated/α-hetero) is 1. The van der Waals surface area contributed by atoms with Gasteiger partial charge in [-0.15, -0.1) is 11.3 Å². The van der Waals surface area contributed by atoms with E-state index >= 15 is 0 Å². The van der Waals surface area contributed by atoms with E-state index in [0.717, 1.165) is 4.88 Å². The molecule has 0 spiro atoms. The summed E-state index contributed by atoms with van der Waals surface area (Å²) in [7, 11) is 0. The normalized spacial score (nSPS) is 16.6. The molecular formula is C16H11NO2S3. The van der Waals surface area contributed by atoms with E-state index in [1.54, 1.807) is 35.6 Å². The number of thiophene rings is 1. The molecule has 22 heavy (non-hydrogen) atoms. The lowest BCUT2D eigenvalue weighted by Crippen LogP contribution is -2.27. The zero-order valence-electron chi connectivity index (χ0n) is 11.6. The zero-order chi connectivity index (χ0) is 15.7. The van der Waals surface area contributed by atoms with Crippen LogP contribution in [-0.2, 0) is 4.79 Å². The van der Waals surface area contributed by atoms with Gasteiger partial charge in [-0.2, -0.15) is 0 Å². The quantitative estimate of drug-likeness (QED) is 0.471. The predicted molar refractivity (Wildman–Crippen MR) is 96.4 cm³/mol. The smallest absolute Gasteiger partial charge is 0.270 e. The van der Waals surface area contributed by atoms with E-state index in [9.17, 15) is 9.59 Å². The highest BCUT2D eigenvalue weighted by Crippen LogP contribution is 2.36. The first kappa shape index (κ1) is 15.1. The maximum Gasteiger partial charge on any atom is 0.270 e. The van der Waals surface area contributed by atoms with Crippen molar-refractivity contribution in [1.82, 2.24) is 0 Å². The maximum absolute atomic E-state index is 12.6. The van der Waals surface area contributed by atoms with Gasteiger partial charge in [0.25, 0.3) is 5.91 Å². The first-order chi connectivity index (χ1) is 10.6. The minimum atomic E-state index is -0.149. The third-order valence-corrected chi connectivity index (χ3v) is 5.24. The van der Waals surface area contributed by atoms with Crippen LogP contribution < -0.4 is 4.90 Å². The monoisotopic (exact) mass is 345 g/mol. The number of thiocarbonyl (C=S) groups is 1. The fourth-order valence-electron chi connectivity index (χ4n) is 2.06. The van der Waals surface area contributed by atoms with Gasteiger partial charge in [0.2, 0.25) is 0 Å². The highest BCUT2D eigenvalue weighted by atomic mass is 32.2. The Balaban J connectivity index is 1.95. The van der Waals surface area contributed by atoms with E-state index in [-0.39, 0.29) is 11.7 Å². The molecule has 1 amide bonds. The molecule has 1 aliphatic heterocycles. The van der Waals surface area contributed by atoms with Crippen molar-refractivity contribution in [3.05, 3.63) is 57.1 Å². The molecule has 0 unspecified atom stereocenters. The number of rotatable bonds is 3. The van der Waals surface area contributed by atoms with Crippen molar-refractivity contribution in [3.63, 3.8) is 0 Å². The second-order valence-electron chi connectivity index (χ2n) is 4.64. The summed E-state index contributed by atoms with van der Waals surface area (Å²) in [5.74, 6) is -0.189. The number of hydrogen-bond acceptors (Lipinski definition) is 5. The second-order valence-corrected chi connectivity index (χ2v) is 7.29. The number of carbonyl (C=O) groups is 2. The molecule has 110 valence electrons. The number of carbonyl (C=O) groups excluding carboxylic acids is 2. The van der Waals surface area contributed by atoms with Crippen LogP contribution in [0.15, 0.2) is 46.7 Å². The van der Waals surface area contributed by atoms with Crippen molar-refractivity contribution < 1.29 is 9.59 Å². The van der Waals surface area contributed by atoms with Crippen LogP contribution in [0.1, 0.15) is 22.2 Å². The largest absolute Gasteiger partial charge is 0.295 e. The van der Waals surface area contributed by atoms with Gasteiger partial charge in [-0.05, 0) is 36.6 Å². The topological polar surface area (TPSA) is 37.4 Å². The molecule has 0 saturated carbocycles. The minimum absolute atomic E-state index is 0.0404. The minimum Gasteiger partial charge on any atom is -0.295 e. The molecule has 2 heterocycles. The molecular weight excluding hydrogens is 334 g/mol. The summed E-state index contributed by atoms with van der Waals surface area (Å²) in [6, 6.07) is 10.9. The highest BCUT2D eigenvalue weighted by Gasteiger charge is 2.33. The van der Waals surface area contributed by atoms with Crippen LogP contribution in [0, 0.1) is 0 Å². The SMILES string of the molecule is CC(=O)c1cccc(N2C(=O)/C(=C\c3cccs3)SC2=S)c1. The van der Waals surface area contributed by atoms with Crippen molar-refractivity contribution in [2.24, 2.45) is 0 Å². The number of amides is 1. The number of benzene rings is 1. The number of anilines is 1. The van der Waals surface area contributed by atoms with Gasteiger partial charge < -0.3 is 0 Å². The number of thioether (sulfide) groups is 1. The Kier molecular flexibility index (Phi) is 4.24. The molecule has 1 saturated heterocycles. The Hall–Kier alpha value is -1.76. The van der Waals surface area contributed by atoms with Gasteiger partial charge in [-0.25, -0.2) is 0 Å². The second kappa shape index (κ2) is 6.16. The molecule has 1 fully saturated rings. The molecule has 0 aliphatic carbocycles. The molecule has 1 aliphatic rings. The fraction of sp³-hybridized carbons (Fsp3) is 0.0625. The van der Waals surface area contributed by atoms with Gasteiger partial charge in [-0.1, -0.05) is 42.2 Å². The van der Waals surface area contributed by atoms with Crippen LogP contribution in [0.4, 0.5) is 5.69 Å². The molecule has 0 N–H and O–H groups in total. The molecule has 0 bridgehead atoms. The van der Waals surface area contributed by atoms with Gasteiger partial charge in [-0.3, -0.25) is 14.5 Å². The van der Waals surface area contributed by atoms with Crippen LogP contribution in [0.3, 0.4) is 0 Å². The standard InChI is InChI=1S/C16H11NO2S3/c1-10(18)11-4-2-5-12(8-11)17-15(19)14(22-16(17)20)9-13-6-3-7-21-13/h2-9H,1H3/b14-9+. The molecule has 0 atom stereocenters. The van der Waals surface area contributed by atoms with Crippen molar-refractivity contribution in [1.29, 1.82) is 0 Å². The van der Waals surface area contributed by atoms with Crippen LogP contribution in [-0.4, -0.2) is 16.0 Å². The summed E-state index contributed by atoms with van der Waals surface area (Å²) in [5, 5.41) is 1.96. The summed E-state index contributed by atoms with van der Waals surface area (Å²) in [6.07, 6.45) is 1.85. The lowest BCUT2D eigenvalue weighted by molar-refractivity contribution is -0.113. The van der Waals surface area contributed by atoms with Crippen molar-refractivity contribution in [3.8, 4) is 0 Å². The van der Waals surface area contributed by atoms with E-state index < -0.39 is 0 Å². The van der Waals surface area contributed by atoms with Crippen LogP contribution in [0.25, 0.3) is 6.08 Å². The fourth-order valence-corrected chi connectivity index (χ4v) is 4.08. The van der Waals surface area contributed by atoms with E-state index in [1.807, 2.05) is 23.6 Å². The van der Waals surface area contributed by atoms with Crippen molar-refractivity contribution in [2.75, 3.05) is 4.90 Å². The van der Waals surface area contributed by atoms with E-state index in [0.29, 0.717) is 20.5 Å². The molecule has 6 heteroatoms. The van der Waals surface area contributed by atoms with E-state index in [1.165, 1.54) is 23.6 Å². The van der Waals surface area contributed by atoms with Crippen LogP contribution in [0.5, 0.6) is 0 Å². The average Bonchev–Trinajstić information content (AvgIpc) is 3.08. The summed E-state index contributed by atoms with van der Waals surface area (Å²) in [4.78, 5) is 27.2. The Bertz CT molecular complexity index is 793. The Morgan fingerprint density at radius 1 is 1.27 bits per heavy atom. The Morgan fingerprint density at radius 2 is 2.09 bits per heavy atom. The third-order valence-electron chi connectivity index (χ3n) is 3.12. The number of ketones is 1. The molecule has 2 aromatic rings. The first-order valence-corrected chi connectivity index (χ1v) is 8.59. The van der Waals surface area contributed by atoms with Gasteiger partial charge >= 0.3 is 0 Å². The number of hydrogen-bond donors (Lipinski definition) is 0. The van der Waals surface area contributed by atoms with Gasteiger partial charge in [0.05, 0.1) is 10.6 Å². The maximum atomic E-state index is 12.6. The predicted octanol–water partition coefficient (Wildman–Crippen LogP) is 4.36. The lowest BCUT2D eigenvalue weighted by atomic mass is 10.1. The van der Waals surface area contributed by atoms with Crippen molar-refractivity contribution in [2.45, 2.75) is 6.92 Å². The molecule has 1 aromatic carbocycles. The van der Waals surface area contributed by atoms with Gasteiger partial charge in [0.1, 0.15) is 0 Å². The molecule has 1 aromatic heterocycles. The van der Waals surface area contributed by atoms with Gasteiger partial charge in [0, 0.05) is 10.4 Å². The first-order valence-electron chi connectivity index (χ1n) is 6.49. The number of nitrogens with zero attached hydrogens (tertiary/aromatic N) is 1. The Labute approximate surface area is 141 Å². The van der Waals surface area contributed by atoms with Crippen LogP contribution in [0.2, 0.25) is 0 Å². The summed E-state index contributed by atoms with van der Waals surface area (Å²) in [5.41, 5.74) is 1.19. The lowest BCUT2D eigenvalue weighted by Gasteiger charge is -2.15. The molecule has 0 radical (unpaired) electrons. The van der Waals surface area contributed by atoms with Gasteiger partial charge in [0.15, 0.2) is 10.1 Å². The van der Waals surface area contributed by atoms with E-state index in [4.69, 9.17) is 12.2 Å². The summed E-state index contributed by atoms with van der Waals surface area (Å²) in [6.45, 7) is 1.50. The summed E-state index contributed by atoms with van der Waals surface area (Å²) < 4.78 is 0.480. The molecule has 3 rings (SSSR count). The average molecular weight is 345 g/mol. The zero-order valence-corrected chi connectivity index (χ0v) is 14.1. The molecule has 3 nitrogen and oxygen atoms in total. The van der Waals surface area contributed by atoms with Crippen molar-refractivity contribution >= 4 is 63.1 Å².